The lowest BCUT2D eigenvalue weighted by atomic mass is 9.96. The first-order valence-electron chi connectivity index (χ1n) is 10.7. The molecule has 32 heavy (non-hydrogen) atoms. The Morgan fingerprint density at radius 3 is 2.34 bits per heavy atom. The molecule has 3 rings (SSSR count). The van der Waals surface area contributed by atoms with E-state index in [1.54, 1.807) is 0 Å². The van der Waals surface area contributed by atoms with Crippen LogP contribution in [0, 0.1) is 5.92 Å². The second-order valence-electron chi connectivity index (χ2n) is 8.27. The zero-order valence-corrected chi connectivity index (χ0v) is 19.8. The highest BCUT2D eigenvalue weighted by Gasteiger charge is 2.19. The summed E-state index contributed by atoms with van der Waals surface area (Å²) in [5, 5.41) is 11.8. The van der Waals surface area contributed by atoms with Crippen molar-refractivity contribution in [1.29, 1.82) is 0 Å². The maximum atomic E-state index is 12.6. The lowest BCUT2D eigenvalue weighted by molar-refractivity contribution is -0.119. The fourth-order valence-electron chi connectivity index (χ4n) is 3.24. The average molecular weight is 454 g/mol. The molecular formula is C24H31N5O2S. The van der Waals surface area contributed by atoms with Crippen LogP contribution in [0.3, 0.4) is 0 Å². The summed E-state index contributed by atoms with van der Waals surface area (Å²) < 4.78 is 7.16. The van der Waals surface area contributed by atoms with Crippen LogP contribution in [0.5, 0.6) is 5.75 Å². The van der Waals surface area contributed by atoms with E-state index < -0.39 is 0 Å². The van der Waals surface area contributed by atoms with Gasteiger partial charge in [0.15, 0.2) is 5.82 Å². The Hall–Kier alpha value is -3.00. The van der Waals surface area contributed by atoms with Gasteiger partial charge in [0, 0.05) is 0 Å². The van der Waals surface area contributed by atoms with Crippen LogP contribution in [0.25, 0.3) is 0 Å². The van der Waals surface area contributed by atoms with Crippen LogP contribution in [0.4, 0.5) is 0 Å². The van der Waals surface area contributed by atoms with Crippen molar-refractivity contribution in [2.24, 2.45) is 5.92 Å². The third kappa shape index (κ3) is 6.26. The van der Waals surface area contributed by atoms with Gasteiger partial charge in [-0.1, -0.05) is 81.9 Å². The lowest BCUT2D eigenvalue weighted by Crippen LogP contribution is -2.33. The van der Waals surface area contributed by atoms with Crippen LogP contribution >= 0.6 is 11.8 Å². The third-order valence-electron chi connectivity index (χ3n) is 5.12. The molecule has 0 spiro atoms. The standard InChI is InChI=1S/C24H31N5O2S/c1-16(2)18-10-12-20(13-11-18)31-14-21-27-28-24(29(21)25)32-15-22(30)26-23(17(3)4)19-8-6-5-7-9-19/h5-13,16-17,23H,14-15,25H2,1-4H3,(H,26,30). The Morgan fingerprint density at radius 1 is 1.03 bits per heavy atom. The highest BCUT2D eigenvalue weighted by atomic mass is 32.2. The third-order valence-corrected chi connectivity index (χ3v) is 6.07. The predicted octanol–water partition coefficient (Wildman–Crippen LogP) is 4.30. The number of thioether (sulfide) groups is 1. The smallest absolute Gasteiger partial charge is 0.230 e. The molecule has 0 radical (unpaired) electrons. The van der Waals surface area contributed by atoms with Gasteiger partial charge in [-0.05, 0) is 35.1 Å². The Morgan fingerprint density at radius 2 is 1.72 bits per heavy atom. The number of carbonyl (C=O) groups excluding carboxylic acids is 1. The zero-order chi connectivity index (χ0) is 23.1. The summed E-state index contributed by atoms with van der Waals surface area (Å²) >= 11 is 1.25. The number of carbonyl (C=O) groups is 1. The molecule has 2 aromatic carbocycles. The van der Waals surface area contributed by atoms with Crippen LogP contribution < -0.4 is 15.9 Å². The van der Waals surface area contributed by atoms with Crippen LogP contribution in [0.15, 0.2) is 59.8 Å². The monoisotopic (exact) mass is 453 g/mol. The zero-order valence-electron chi connectivity index (χ0n) is 19.0. The molecule has 3 aromatic rings. The fourth-order valence-corrected chi connectivity index (χ4v) is 3.93. The first-order chi connectivity index (χ1) is 15.3. The van der Waals surface area contributed by atoms with Gasteiger partial charge in [-0.15, -0.1) is 10.2 Å². The second-order valence-corrected chi connectivity index (χ2v) is 9.21. The molecule has 1 unspecified atom stereocenters. The lowest BCUT2D eigenvalue weighted by Gasteiger charge is -2.22. The molecule has 0 fully saturated rings. The van der Waals surface area contributed by atoms with Gasteiger partial charge in [0.05, 0.1) is 11.8 Å². The van der Waals surface area contributed by atoms with Crippen molar-refractivity contribution < 1.29 is 9.53 Å². The molecule has 7 nitrogen and oxygen atoms in total. The van der Waals surface area contributed by atoms with Gasteiger partial charge in [0.1, 0.15) is 12.4 Å². The Kier molecular flexibility index (Phi) is 8.16. The van der Waals surface area contributed by atoms with Crippen LogP contribution in [-0.2, 0) is 11.4 Å². The van der Waals surface area contributed by atoms with E-state index >= 15 is 0 Å². The summed E-state index contributed by atoms with van der Waals surface area (Å²) in [7, 11) is 0. The van der Waals surface area contributed by atoms with Crippen molar-refractivity contribution in [3.8, 4) is 5.75 Å². The van der Waals surface area contributed by atoms with E-state index in [1.807, 2.05) is 54.6 Å². The normalized spacial score (nSPS) is 12.2. The minimum Gasteiger partial charge on any atom is -0.486 e. The quantitative estimate of drug-likeness (QED) is 0.351. The number of ether oxygens (including phenoxy) is 1. The summed E-state index contributed by atoms with van der Waals surface area (Å²) in [5.41, 5.74) is 2.34. The molecule has 0 aliphatic rings. The number of nitrogens with zero attached hydrogens (tertiary/aromatic N) is 3. The van der Waals surface area contributed by atoms with Gasteiger partial charge < -0.3 is 15.9 Å². The fraction of sp³-hybridized carbons (Fsp3) is 0.375. The Labute approximate surface area is 193 Å². The van der Waals surface area contributed by atoms with Crippen molar-refractivity contribution >= 4 is 17.7 Å². The average Bonchev–Trinajstić information content (AvgIpc) is 3.14. The molecule has 0 saturated carbocycles. The summed E-state index contributed by atoms with van der Waals surface area (Å²) in [6.07, 6.45) is 0. The number of hydrogen-bond acceptors (Lipinski definition) is 6. The second kappa shape index (κ2) is 11.0. The SMILES string of the molecule is CC(C)c1ccc(OCc2nnc(SCC(=O)NC(c3ccccc3)C(C)C)n2N)cc1. The van der Waals surface area contributed by atoms with Gasteiger partial charge in [0.25, 0.3) is 0 Å². The van der Waals surface area contributed by atoms with E-state index in [9.17, 15) is 4.79 Å². The van der Waals surface area contributed by atoms with E-state index in [0.717, 1.165) is 11.3 Å². The Bertz CT molecular complexity index is 1000. The van der Waals surface area contributed by atoms with Crippen molar-refractivity contribution in [2.75, 3.05) is 11.6 Å². The van der Waals surface area contributed by atoms with Gasteiger partial charge in [-0.25, -0.2) is 4.68 Å². The molecule has 0 saturated heterocycles. The number of nitrogens with one attached hydrogen (secondary N) is 1. The number of nitrogen functional groups attached to an aromatic ring is 1. The maximum absolute atomic E-state index is 12.6. The molecule has 1 atom stereocenters. The summed E-state index contributed by atoms with van der Waals surface area (Å²) in [6, 6.07) is 17.9. The summed E-state index contributed by atoms with van der Waals surface area (Å²) in [5.74, 6) is 8.20. The van der Waals surface area contributed by atoms with E-state index in [4.69, 9.17) is 10.6 Å². The molecule has 0 aliphatic heterocycles. The van der Waals surface area contributed by atoms with Crippen molar-refractivity contribution in [3.63, 3.8) is 0 Å². The minimum absolute atomic E-state index is 0.0499. The predicted molar refractivity (Wildman–Crippen MR) is 128 cm³/mol. The molecule has 1 aromatic heterocycles. The number of hydrogen-bond donors (Lipinski definition) is 2. The number of amides is 1. The molecule has 0 bridgehead atoms. The first-order valence-corrected chi connectivity index (χ1v) is 11.7. The van der Waals surface area contributed by atoms with Gasteiger partial charge >= 0.3 is 0 Å². The highest BCUT2D eigenvalue weighted by Crippen LogP contribution is 2.23. The summed E-state index contributed by atoms with van der Waals surface area (Å²) in [4.78, 5) is 12.6. The first kappa shape index (κ1) is 23.7. The molecule has 3 N–H and O–H groups in total. The molecule has 8 heteroatoms. The Balaban J connectivity index is 1.53. The van der Waals surface area contributed by atoms with Gasteiger partial charge in [-0.3, -0.25) is 4.79 Å². The molecular weight excluding hydrogens is 422 g/mol. The van der Waals surface area contributed by atoms with Crippen LogP contribution in [0.1, 0.15) is 56.6 Å². The molecule has 1 amide bonds. The van der Waals surface area contributed by atoms with Crippen LogP contribution in [-0.4, -0.2) is 26.5 Å². The van der Waals surface area contributed by atoms with Crippen LogP contribution in [0.2, 0.25) is 0 Å². The largest absolute Gasteiger partial charge is 0.486 e. The topological polar surface area (TPSA) is 95.1 Å². The van der Waals surface area contributed by atoms with Crippen molar-refractivity contribution in [1.82, 2.24) is 20.2 Å². The summed E-state index contributed by atoms with van der Waals surface area (Å²) in [6.45, 7) is 8.67. The van der Waals surface area contributed by atoms with E-state index in [2.05, 4.69) is 43.2 Å². The van der Waals surface area contributed by atoms with Crippen molar-refractivity contribution in [3.05, 3.63) is 71.5 Å². The van der Waals surface area contributed by atoms with Gasteiger partial charge in [-0.2, -0.15) is 0 Å². The number of rotatable bonds is 10. The molecule has 170 valence electrons. The minimum atomic E-state index is -0.0800. The molecule has 1 heterocycles. The van der Waals surface area contributed by atoms with Gasteiger partial charge in [0.2, 0.25) is 11.1 Å². The molecule has 0 aliphatic carbocycles. The van der Waals surface area contributed by atoms with E-state index in [-0.39, 0.29) is 30.2 Å². The van der Waals surface area contributed by atoms with E-state index in [1.165, 1.54) is 22.0 Å². The maximum Gasteiger partial charge on any atom is 0.230 e. The number of benzene rings is 2. The highest BCUT2D eigenvalue weighted by molar-refractivity contribution is 7.99. The number of nitrogens with two attached hydrogens (primary N) is 1. The van der Waals surface area contributed by atoms with E-state index in [0.29, 0.717) is 16.9 Å². The van der Waals surface area contributed by atoms with Crippen molar-refractivity contribution in [2.45, 2.75) is 51.4 Å². The number of aromatic nitrogens is 3.